The molecular formula is C51H55F3N3O6S3+. The Morgan fingerprint density at radius 1 is 0.848 bits per heavy atom. The molecule has 0 N–H and O–H groups in total. The van der Waals surface area contributed by atoms with Gasteiger partial charge in [0.1, 0.15) is 28.0 Å². The number of rotatable bonds is 16. The average molecular weight is 959 g/mol. The lowest BCUT2D eigenvalue weighted by Gasteiger charge is -2.27. The zero-order valence-electron chi connectivity index (χ0n) is 37.6. The van der Waals surface area contributed by atoms with Gasteiger partial charge in [-0.15, -0.1) is 0 Å². The van der Waals surface area contributed by atoms with Crippen LogP contribution in [0, 0.1) is 0 Å². The second kappa shape index (κ2) is 19.4. The molecule has 15 heteroatoms. The van der Waals surface area contributed by atoms with Crippen molar-refractivity contribution in [3.8, 4) is 0 Å². The van der Waals surface area contributed by atoms with E-state index in [2.05, 4.69) is 36.0 Å². The van der Waals surface area contributed by atoms with Crippen LogP contribution in [0.5, 0.6) is 0 Å². The zero-order chi connectivity index (χ0) is 47.7. The number of sulfonamides is 1. The predicted molar refractivity (Wildman–Crippen MR) is 263 cm³/mol. The minimum Gasteiger partial charge on any atom is -0.344 e. The number of hydrogen-bond acceptors (Lipinski definition) is 7. The van der Waals surface area contributed by atoms with Crippen LogP contribution in [0.4, 0.5) is 24.5 Å². The summed E-state index contributed by atoms with van der Waals surface area (Å²) in [7, 11) is -10.1. The Morgan fingerprint density at radius 3 is 2.20 bits per heavy atom. The van der Waals surface area contributed by atoms with Crippen LogP contribution in [0.25, 0.3) is 34.6 Å². The average Bonchev–Trinajstić information content (AvgIpc) is 3.81. The number of hydrogen-bond donors (Lipinski definition) is 2. The molecule has 4 aromatic rings. The first-order valence-corrected chi connectivity index (χ1v) is 26.1. The van der Waals surface area contributed by atoms with Crippen molar-refractivity contribution in [2.45, 2.75) is 70.2 Å². The van der Waals surface area contributed by atoms with E-state index in [9.17, 15) is 38.4 Å². The van der Waals surface area contributed by atoms with E-state index in [1.165, 1.54) is 0 Å². The number of alkyl halides is 3. The summed E-state index contributed by atoms with van der Waals surface area (Å²) < 4.78 is 119. The number of anilines is 1. The van der Waals surface area contributed by atoms with E-state index in [0.29, 0.717) is 54.2 Å². The third-order valence-electron chi connectivity index (χ3n) is 12.8. The molecule has 9 nitrogen and oxygen atoms in total. The van der Waals surface area contributed by atoms with E-state index in [-0.39, 0.29) is 34.3 Å². The fourth-order valence-corrected chi connectivity index (χ4v) is 11.4. The molecule has 0 bridgehead atoms. The molecule has 0 fully saturated rings. The summed E-state index contributed by atoms with van der Waals surface area (Å²) in [5, 5.41) is 3.80. The van der Waals surface area contributed by atoms with Gasteiger partial charge in [0.2, 0.25) is 5.69 Å². The van der Waals surface area contributed by atoms with Gasteiger partial charge < -0.3 is 4.90 Å². The second-order valence-electron chi connectivity index (χ2n) is 17.2. The Balaban J connectivity index is 1.44. The van der Waals surface area contributed by atoms with Crippen molar-refractivity contribution in [3.05, 3.63) is 153 Å². The largest absolute Gasteiger partial charge is 0.516 e. The minimum absolute atomic E-state index is 0.0365. The Kier molecular flexibility index (Phi) is 14.2. The van der Waals surface area contributed by atoms with Crippen molar-refractivity contribution < 1.29 is 43.0 Å². The molecule has 0 saturated heterocycles. The maximum Gasteiger partial charge on any atom is 0.516 e. The van der Waals surface area contributed by atoms with Crippen molar-refractivity contribution in [2.24, 2.45) is 0 Å². The highest BCUT2D eigenvalue weighted by Gasteiger charge is 2.51. The third kappa shape index (κ3) is 9.13. The van der Waals surface area contributed by atoms with Gasteiger partial charge >= 0.3 is 15.5 Å². The number of allylic oxidation sites excluding steroid dienone is 9. The molecule has 7 rings (SSSR count). The molecule has 348 valence electrons. The van der Waals surface area contributed by atoms with Crippen LogP contribution in [0.15, 0.2) is 121 Å². The van der Waals surface area contributed by atoms with Crippen molar-refractivity contribution in [1.29, 1.82) is 0 Å². The fraction of sp³-hybridized carbons (Fsp3) is 0.314. The van der Waals surface area contributed by atoms with Crippen molar-refractivity contribution in [2.75, 3.05) is 36.5 Å². The van der Waals surface area contributed by atoms with E-state index < -0.39 is 42.4 Å². The first-order chi connectivity index (χ1) is 31.3. The van der Waals surface area contributed by atoms with Gasteiger partial charge in [-0.2, -0.15) is 26.2 Å². The summed E-state index contributed by atoms with van der Waals surface area (Å²) in [6.07, 6.45) is 14.9. The van der Waals surface area contributed by atoms with Crippen LogP contribution in [-0.4, -0.2) is 77.0 Å². The highest BCUT2D eigenvalue weighted by Crippen LogP contribution is 2.52. The van der Waals surface area contributed by atoms with Gasteiger partial charge in [0.05, 0.1) is 11.6 Å². The summed E-state index contributed by atoms with van der Waals surface area (Å²) in [6.45, 7) is 13.3. The maximum atomic E-state index is 14.6. The van der Waals surface area contributed by atoms with Crippen LogP contribution < -0.4 is 15.3 Å². The van der Waals surface area contributed by atoms with Gasteiger partial charge in [-0.05, 0) is 95.3 Å². The van der Waals surface area contributed by atoms with Gasteiger partial charge in [0.25, 0.3) is 0 Å². The van der Waals surface area contributed by atoms with Gasteiger partial charge in [-0.1, -0.05) is 99.3 Å². The third-order valence-corrected chi connectivity index (χ3v) is 15.7. The number of nitrogens with zero attached hydrogens (tertiary/aromatic N) is 3. The smallest absolute Gasteiger partial charge is 0.344 e. The molecule has 2 heterocycles. The fourth-order valence-electron chi connectivity index (χ4n) is 9.69. The number of halogens is 3. The standard InChI is InChI=1S/C51H55F3N3O6S3/c1-7-8-18-37-34(2)22-26-44-47(37)35(3)43(56(44)30-13-15-32-64(58)59)28-24-41-39-20-11-12-21-40(39)42(49(41)55(6)66(62,63)51(52,53)54)25-29-46-50(4,5)48-38-19-10-9-17-36(38)23-27-45(48)57(46)31-14-16-33-65(60)61/h7-12,17-29,35,64-65H,2,13-16,30-33H2,1,3-6H3/q+1/b8-7-,37-18+. The van der Waals surface area contributed by atoms with E-state index >= 15 is 0 Å². The van der Waals surface area contributed by atoms with Gasteiger partial charge in [0.15, 0.2) is 5.71 Å². The Bertz CT molecular complexity index is 3180. The van der Waals surface area contributed by atoms with Crippen LogP contribution >= 0.6 is 0 Å². The summed E-state index contributed by atoms with van der Waals surface area (Å²) >= 11 is 0. The molecule has 0 amide bonds. The van der Waals surface area contributed by atoms with Crippen LogP contribution in [0.3, 0.4) is 0 Å². The van der Waals surface area contributed by atoms with Crippen LogP contribution in [0.2, 0.25) is 0 Å². The molecule has 1 unspecified atom stereocenters. The summed E-state index contributed by atoms with van der Waals surface area (Å²) in [6, 6.07) is 23.1. The van der Waals surface area contributed by atoms with Gasteiger partial charge in [-0.3, -0.25) is 4.31 Å². The van der Waals surface area contributed by atoms with Gasteiger partial charge in [0, 0.05) is 77.2 Å². The molecular weight excluding hydrogens is 904 g/mol. The molecule has 0 radical (unpaired) electrons. The molecule has 3 aliphatic rings. The quantitative estimate of drug-likeness (QED) is 0.0660. The Morgan fingerprint density at radius 2 is 1.52 bits per heavy atom. The maximum absolute atomic E-state index is 14.6. The number of fused-ring (bicyclic) bond motifs is 5. The topological polar surface area (TPSA) is 112 Å². The first-order valence-electron chi connectivity index (χ1n) is 21.9. The van der Waals surface area contributed by atoms with E-state index in [0.717, 1.165) is 62.2 Å². The zero-order valence-corrected chi connectivity index (χ0v) is 40.2. The lowest BCUT2D eigenvalue weighted by Crippen LogP contribution is -2.37. The van der Waals surface area contributed by atoms with Crippen LogP contribution in [0.1, 0.15) is 81.5 Å². The molecule has 66 heavy (non-hydrogen) atoms. The second-order valence-corrected chi connectivity index (χ2v) is 21.4. The normalized spacial score (nSPS) is 18.7. The number of thiol groups is 2. The summed E-state index contributed by atoms with van der Waals surface area (Å²) in [4.78, 5) is 2.14. The predicted octanol–water partition coefficient (Wildman–Crippen LogP) is 8.42. The van der Waals surface area contributed by atoms with E-state index in [4.69, 9.17) is 0 Å². The first kappa shape index (κ1) is 48.4. The molecule has 1 atom stereocenters. The van der Waals surface area contributed by atoms with Crippen molar-refractivity contribution in [1.82, 2.24) is 4.31 Å². The summed E-state index contributed by atoms with van der Waals surface area (Å²) in [5.74, 6) is -0.153. The SMILES string of the molecule is C=c1ccc2c(/c1=C/C=C\C)C(C)C(/C=C/C1=C(N(C)S(=O)(=O)C(F)(F)F)C(=C/C=C3/N(CCCC[SH](=O)=O)c4ccc5ccccc5c4C3(C)C)/c3ccccc31)=[N+]2CCCC[SH](=O)=O. The molecule has 0 aromatic heterocycles. The van der Waals surface area contributed by atoms with E-state index in [1.54, 1.807) is 36.4 Å². The lowest BCUT2D eigenvalue weighted by atomic mass is 9.81. The highest BCUT2D eigenvalue weighted by atomic mass is 32.2. The number of unbranched alkanes of at least 4 members (excludes halogenated alkanes) is 2. The highest BCUT2D eigenvalue weighted by molar-refractivity contribution is 7.90. The molecule has 1 aliphatic carbocycles. The molecule has 4 aromatic carbocycles. The molecule has 0 spiro atoms. The lowest BCUT2D eigenvalue weighted by molar-refractivity contribution is -0.437. The molecule has 2 aliphatic heterocycles. The Labute approximate surface area is 388 Å². The molecule has 0 saturated carbocycles. The number of likely N-dealkylation sites (N-methyl/N-ethyl adjacent to an activating group) is 1. The van der Waals surface area contributed by atoms with Crippen molar-refractivity contribution >= 4 is 83.1 Å². The monoisotopic (exact) mass is 958 g/mol. The summed E-state index contributed by atoms with van der Waals surface area (Å²) in [5.41, 5.74) is 0.728. The number of benzene rings is 4. The van der Waals surface area contributed by atoms with E-state index in [1.807, 2.05) is 86.7 Å². The van der Waals surface area contributed by atoms with Crippen molar-refractivity contribution in [3.63, 3.8) is 0 Å². The van der Waals surface area contributed by atoms with Gasteiger partial charge in [-0.25, -0.2) is 16.8 Å². The van der Waals surface area contributed by atoms with Crippen LogP contribution in [-0.2, 0) is 36.8 Å². The minimum atomic E-state index is -5.91. The Hall–Kier alpha value is -5.51.